The van der Waals surface area contributed by atoms with Gasteiger partial charge in [0, 0.05) is 19.5 Å². The summed E-state index contributed by atoms with van der Waals surface area (Å²) in [6, 6.07) is 8.54. The molecule has 4 heterocycles. The molecule has 7 nitrogen and oxygen atoms in total. The van der Waals surface area contributed by atoms with Crippen molar-refractivity contribution in [2.75, 3.05) is 13.1 Å². The Balaban J connectivity index is 1.33. The Morgan fingerprint density at radius 1 is 1.25 bits per heavy atom. The Morgan fingerprint density at radius 2 is 2.14 bits per heavy atom. The lowest BCUT2D eigenvalue weighted by atomic mass is 10.2. The van der Waals surface area contributed by atoms with Crippen LogP contribution in [0, 0.1) is 4.84 Å². The van der Waals surface area contributed by atoms with Crippen molar-refractivity contribution in [3.63, 3.8) is 0 Å². The van der Waals surface area contributed by atoms with E-state index in [0.29, 0.717) is 30.4 Å². The van der Waals surface area contributed by atoms with Gasteiger partial charge in [-0.2, -0.15) is 0 Å². The number of fused-ring (bicyclic) bond motifs is 1. The predicted molar refractivity (Wildman–Crippen MR) is 108 cm³/mol. The summed E-state index contributed by atoms with van der Waals surface area (Å²) in [5, 5.41) is 5.68. The topological polar surface area (TPSA) is 67.4 Å². The van der Waals surface area contributed by atoms with Gasteiger partial charge in [-0.15, -0.1) is 16.4 Å². The molecule has 0 N–H and O–H groups in total. The summed E-state index contributed by atoms with van der Waals surface area (Å²) in [5.74, 6) is 0.669. The lowest BCUT2D eigenvalue weighted by molar-refractivity contribution is -0.128. The fourth-order valence-corrected chi connectivity index (χ4v) is 5.35. The van der Waals surface area contributed by atoms with Crippen molar-refractivity contribution in [3.05, 3.63) is 40.0 Å². The Labute approximate surface area is 171 Å². The monoisotopic (exact) mass is 415 g/mol. The predicted octanol–water partition coefficient (Wildman–Crippen LogP) is 3.73. The van der Waals surface area contributed by atoms with E-state index in [9.17, 15) is 4.79 Å². The number of hydrogen-bond donors (Lipinski definition) is 0. The Kier molecular flexibility index (Phi) is 4.73. The van der Waals surface area contributed by atoms with Crippen molar-refractivity contribution in [1.82, 2.24) is 24.6 Å². The van der Waals surface area contributed by atoms with E-state index >= 15 is 0 Å². The number of aromatic nitrogens is 3. The van der Waals surface area contributed by atoms with Gasteiger partial charge < -0.3 is 9.32 Å². The quantitative estimate of drug-likeness (QED) is 0.592. The zero-order chi connectivity index (χ0) is 19.1. The van der Waals surface area contributed by atoms with Crippen LogP contribution in [0.3, 0.4) is 0 Å². The molecule has 0 unspecified atom stereocenters. The molecule has 2 saturated heterocycles. The van der Waals surface area contributed by atoms with Crippen LogP contribution in [0.4, 0.5) is 0 Å². The third-order valence-corrected chi connectivity index (χ3v) is 6.85. The van der Waals surface area contributed by atoms with Gasteiger partial charge in [-0.05, 0) is 43.6 Å². The summed E-state index contributed by atoms with van der Waals surface area (Å²) >= 11 is 7.14. The number of benzene rings is 1. The highest BCUT2D eigenvalue weighted by Crippen LogP contribution is 2.36. The van der Waals surface area contributed by atoms with E-state index in [0.717, 1.165) is 42.9 Å². The third-order valence-electron chi connectivity index (χ3n) is 5.42. The van der Waals surface area contributed by atoms with E-state index in [1.165, 1.54) is 4.70 Å². The van der Waals surface area contributed by atoms with E-state index in [1.54, 1.807) is 20.9 Å². The van der Waals surface area contributed by atoms with Crippen molar-refractivity contribution in [2.24, 2.45) is 0 Å². The molecule has 1 atom stereocenters. The number of para-hydroxylation sites is 1. The molecule has 2 aliphatic rings. The third kappa shape index (κ3) is 3.38. The van der Waals surface area contributed by atoms with Gasteiger partial charge in [-0.3, -0.25) is 9.69 Å². The average molecular weight is 416 g/mol. The summed E-state index contributed by atoms with van der Waals surface area (Å²) in [6.07, 6.45) is 3.72. The molecule has 0 radical (unpaired) electrons. The van der Waals surface area contributed by atoms with E-state index in [-0.39, 0.29) is 11.9 Å². The van der Waals surface area contributed by atoms with Gasteiger partial charge in [-0.1, -0.05) is 12.1 Å². The van der Waals surface area contributed by atoms with Crippen molar-refractivity contribution in [1.29, 1.82) is 0 Å². The fraction of sp³-hybridized carbons (Fsp3) is 0.474. The first-order valence-electron chi connectivity index (χ1n) is 9.61. The molecule has 3 aromatic rings. The molecular formula is C19H21N5O2S2. The minimum absolute atomic E-state index is 0.158. The summed E-state index contributed by atoms with van der Waals surface area (Å²) in [7, 11) is 0. The second kappa shape index (κ2) is 7.38. The standard InChI is InChI=1S/C19H21N5O2S2/c25-17-8-4-9-22(17)11-16-21-24(19(27)26-16)12-23-10-3-6-14(23)18-20-13-5-1-2-7-15(13)28-18/h1-2,5,7,14H,3-4,6,8-12H2/t14-/m1/s1. The molecule has 2 aromatic heterocycles. The van der Waals surface area contributed by atoms with Crippen LogP contribution in [0.5, 0.6) is 0 Å². The van der Waals surface area contributed by atoms with Crippen molar-refractivity contribution >= 4 is 39.7 Å². The molecule has 2 fully saturated rings. The van der Waals surface area contributed by atoms with Crippen molar-refractivity contribution in [3.8, 4) is 0 Å². The smallest absolute Gasteiger partial charge is 0.288 e. The van der Waals surface area contributed by atoms with Crippen LogP contribution in [0.2, 0.25) is 0 Å². The Morgan fingerprint density at radius 3 is 2.96 bits per heavy atom. The van der Waals surface area contributed by atoms with E-state index < -0.39 is 0 Å². The number of likely N-dealkylation sites (tertiary alicyclic amines) is 2. The molecule has 9 heteroatoms. The van der Waals surface area contributed by atoms with Crippen LogP contribution in [0.1, 0.15) is 42.6 Å². The molecule has 1 amide bonds. The molecule has 2 aliphatic heterocycles. The fourth-order valence-electron chi connectivity index (χ4n) is 4.02. The average Bonchev–Trinajstić information content (AvgIpc) is 3.44. The van der Waals surface area contributed by atoms with Gasteiger partial charge in [0.2, 0.25) is 11.8 Å². The number of nitrogens with zero attached hydrogens (tertiary/aromatic N) is 5. The minimum atomic E-state index is 0.158. The van der Waals surface area contributed by atoms with Gasteiger partial charge in [0.15, 0.2) is 0 Å². The molecular weight excluding hydrogens is 394 g/mol. The van der Waals surface area contributed by atoms with Crippen LogP contribution in [0.15, 0.2) is 28.7 Å². The van der Waals surface area contributed by atoms with Gasteiger partial charge in [-0.25, -0.2) is 9.67 Å². The number of amides is 1. The molecule has 0 spiro atoms. The number of thiazole rings is 1. The van der Waals surface area contributed by atoms with Crippen molar-refractivity contribution in [2.45, 2.75) is 44.9 Å². The number of hydrogen-bond acceptors (Lipinski definition) is 7. The van der Waals surface area contributed by atoms with Gasteiger partial charge in [0.05, 0.1) is 29.5 Å². The van der Waals surface area contributed by atoms with Gasteiger partial charge in [0.25, 0.3) is 4.84 Å². The normalized spacial score (nSPS) is 20.6. The minimum Gasteiger partial charge on any atom is -0.412 e. The number of carbonyl (C=O) groups is 1. The van der Waals surface area contributed by atoms with Crippen LogP contribution in [0.25, 0.3) is 10.2 Å². The summed E-state index contributed by atoms with van der Waals surface area (Å²) < 4.78 is 8.61. The molecule has 0 bridgehead atoms. The van der Waals surface area contributed by atoms with E-state index in [4.69, 9.17) is 21.6 Å². The second-order valence-corrected chi connectivity index (χ2v) is 8.72. The van der Waals surface area contributed by atoms with Crippen LogP contribution < -0.4 is 0 Å². The number of carbonyl (C=O) groups excluding carboxylic acids is 1. The van der Waals surface area contributed by atoms with Crippen LogP contribution >= 0.6 is 23.6 Å². The maximum absolute atomic E-state index is 11.8. The summed E-state index contributed by atoms with van der Waals surface area (Å²) in [4.78, 5) is 21.2. The highest BCUT2D eigenvalue weighted by atomic mass is 32.1. The first-order chi connectivity index (χ1) is 13.7. The van der Waals surface area contributed by atoms with E-state index in [1.807, 2.05) is 6.07 Å². The largest absolute Gasteiger partial charge is 0.412 e. The molecule has 1 aromatic carbocycles. The van der Waals surface area contributed by atoms with Crippen LogP contribution in [-0.4, -0.2) is 43.6 Å². The molecule has 0 saturated carbocycles. The Bertz CT molecular complexity index is 1040. The first kappa shape index (κ1) is 18.0. The summed E-state index contributed by atoms with van der Waals surface area (Å²) in [5.41, 5.74) is 1.06. The van der Waals surface area contributed by atoms with Crippen molar-refractivity contribution < 1.29 is 9.21 Å². The zero-order valence-corrected chi connectivity index (χ0v) is 17.0. The maximum atomic E-state index is 11.8. The molecule has 0 aliphatic carbocycles. The van der Waals surface area contributed by atoms with Gasteiger partial charge in [0.1, 0.15) is 5.01 Å². The first-order valence-corrected chi connectivity index (χ1v) is 10.8. The summed E-state index contributed by atoms with van der Waals surface area (Å²) in [6.45, 7) is 2.72. The van der Waals surface area contributed by atoms with E-state index in [2.05, 4.69) is 28.2 Å². The SMILES string of the molecule is O=C1CCCN1Cc1nn(CN2CCC[C@@H]2c2nc3ccccc3s2)c(=S)o1. The lowest BCUT2D eigenvalue weighted by Crippen LogP contribution is -2.27. The van der Waals surface area contributed by atoms with Crippen LogP contribution in [-0.2, 0) is 18.0 Å². The molecule has 5 rings (SSSR count). The highest BCUT2D eigenvalue weighted by molar-refractivity contribution is 7.71. The Hall–Kier alpha value is -2.10. The highest BCUT2D eigenvalue weighted by Gasteiger charge is 2.30. The maximum Gasteiger partial charge on any atom is 0.288 e. The van der Waals surface area contributed by atoms with Gasteiger partial charge >= 0.3 is 0 Å². The molecule has 146 valence electrons. The molecule has 28 heavy (non-hydrogen) atoms. The number of rotatable bonds is 5. The second-order valence-electron chi connectivity index (χ2n) is 7.31. The lowest BCUT2D eigenvalue weighted by Gasteiger charge is -2.21. The zero-order valence-electron chi connectivity index (χ0n) is 15.4.